The van der Waals surface area contributed by atoms with Crippen molar-refractivity contribution in [2.24, 2.45) is 5.10 Å². The minimum Gasteiger partial charge on any atom is -0.489 e. The third kappa shape index (κ3) is 5.01. The monoisotopic (exact) mass is 348 g/mol. The maximum atomic E-state index is 12.9. The number of nitrogens with one attached hydrogen (secondary N) is 1. The van der Waals surface area contributed by atoms with Gasteiger partial charge in [-0.3, -0.25) is 4.79 Å². The number of hydrogen-bond acceptors (Lipinski definition) is 3. The van der Waals surface area contributed by atoms with Crippen LogP contribution in [0.15, 0.2) is 84.0 Å². The molecule has 26 heavy (non-hydrogen) atoms. The van der Waals surface area contributed by atoms with Crippen LogP contribution in [0.4, 0.5) is 4.39 Å². The molecule has 0 atom stereocenters. The van der Waals surface area contributed by atoms with Crippen molar-refractivity contribution in [3.05, 3.63) is 101 Å². The van der Waals surface area contributed by atoms with E-state index in [1.54, 1.807) is 0 Å². The molecule has 4 nitrogen and oxygen atoms in total. The largest absolute Gasteiger partial charge is 0.489 e. The Balaban J connectivity index is 1.56. The lowest BCUT2D eigenvalue weighted by atomic mass is 10.2. The molecular formula is C21H17FN2O2. The first-order valence-corrected chi connectivity index (χ1v) is 8.06. The molecule has 3 aromatic rings. The Labute approximate surface area is 150 Å². The fourth-order valence-corrected chi connectivity index (χ4v) is 2.26. The van der Waals surface area contributed by atoms with Crippen molar-refractivity contribution in [1.29, 1.82) is 0 Å². The van der Waals surface area contributed by atoms with E-state index >= 15 is 0 Å². The van der Waals surface area contributed by atoms with Crippen LogP contribution in [0.1, 0.15) is 21.5 Å². The van der Waals surface area contributed by atoms with E-state index in [2.05, 4.69) is 10.5 Å². The number of rotatable bonds is 6. The Morgan fingerprint density at radius 2 is 1.77 bits per heavy atom. The van der Waals surface area contributed by atoms with Crippen molar-refractivity contribution < 1.29 is 13.9 Å². The number of hydrazone groups is 1. The molecule has 3 rings (SSSR count). The maximum absolute atomic E-state index is 12.9. The highest BCUT2D eigenvalue weighted by atomic mass is 19.1. The summed E-state index contributed by atoms with van der Waals surface area (Å²) in [4.78, 5) is 11.9. The molecule has 0 aliphatic heterocycles. The third-order valence-electron chi connectivity index (χ3n) is 3.59. The molecule has 130 valence electrons. The van der Waals surface area contributed by atoms with Gasteiger partial charge in [0.25, 0.3) is 5.91 Å². The van der Waals surface area contributed by atoms with E-state index in [1.165, 1.54) is 30.5 Å². The maximum Gasteiger partial charge on any atom is 0.271 e. The van der Waals surface area contributed by atoms with Crippen molar-refractivity contribution in [2.75, 3.05) is 0 Å². The molecule has 0 fully saturated rings. The van der Waals surface area contributed by atoms with Crippen molar-refractivity contribution >= 4 is 12.1 Å². The van der Waals surface area contributed by atoms with Crippen LogP contribution in [0.2, 0.25) is 0 Å². The summed E-state index contributed by atoms with van der Waals surface area (Å²) in [5.74, 6) is -0.0854. The number of halogens is 1. The zero-order valence-corrected chi connectivity index (χ0v) is 13.9. The van der Waals surface area contributed by atoms with Crippen molar-refractivity contribution in [3.8, 4) is 5.75 Å². The molecule has 0 bridgehead atoms. The molecule has 0 heterocycles. The van der Waals surface area contributed by atoms with Gasteiger partial charge in [0.2, 0.25) is 0 Å². The molecule has 0 spiro atoms. The minimum absolute atomic E-state index is 0.337. The first-order chi connectivity index (χ1) is 12.7. The van der Waals surface area contributed by atoms with E-state index in [4.69, 9.17) is 4.74 Å². The van der Waals surface area contributed by atoms with Crippen molar-refractivity contribution in [3.63, 3.8) is 0 Å². The van der Waals surface area contributed by atoms with Crippen molar-refractivity contribution in [2.45, 2.75) is 6.61 Å². The van der Waals surface area contributed by atoms with Gasteiger partial charge in [-0.05, 0) is 47.5 Å². The average Bonchev–Trinajstić information content (AvgIpc) is 2.68. The molecule has 0 saturated carbocycles. The summed E-state index contributed by atoms with van der Waals surface area (Å²) >= 11 is 0. The summed E-state index contributed by atoms with van der Waals surface area (Å²) < 4.78 is 18.6. The van der Waals surface area contributed by atoms with Gasteiger partial charge in [-0.15, -0.1) is 0 Å². The van der Waals surface area contributed by atoms with Crippen molar-refractivity contribution in [1.82, 2.24) is 5.43 Å². The minimum atomic E-state index is -0.405. The van der Waals surface area contributed by atoms with Gasteiger partial charge < -0.3 is 4.74 Å². The molecular weight excluding hydrogens is 331 g/mol. The predicted octanol–water partition coefficient (Wildman–Crippen LogP) is 4.17. The number of hydrogen-bond donors (Lipinski definition) is 1. The zero-order chi connectivity index (χ0) is 18.2. The molecule has 0 aliphatic carbocycles. The highest BCUT2D eigenvalue weighted by Gasteiger charge is 2.03. The normalized spacial score (nSPS) is 10.7. The molecule has 0 saturated heterocycles. The predicted molar refractivity (Wildman–Crippen MR) is 98.7 cm³/mol. The summed E-state index contributed by atoms with van der Waals surface area (Å²) in [5.41, 5.74) is 4.62. The molecule has 0 aliphatic rings. The second kappa shape index (κ2) is 8.58. The summed E-state index contributed by atoms with van der Waals surface area (Å²) in [6, 6.07) is 22.5. The Hall–Kier alpha value is -3.47. The van der Waals surface area contributed by atoms with E-state index < -0.39 is 11.7 Å². The molecule has 3 aromatic carbocycles. The molecule has 0 unspecified atom stereocenters. The quantitative estimate of drug-likeness (QED) is 0.537. The van der Waals surface area contributed by atoms with Crippen LogP contribution in [0.5, 0.6) is 5.75 Å². The van der Waals surface area contributed by atoms with Gasteiger partial charge in [0, 0.05) is 5.56 Å². The van der Waals surface area contributed by atoms with Gasteiger partial charge in [-0.2, -0.15) is 5.10 Å². The lowest BCUT2D eigenvalue weighted by Gasteiger charge is -2.06. The third-order valence-corrected chi connectivity index (χ3v) is 3.59. The second-order valence-corrected chi connectivity index (χ2v) is 5.55. The van der Waals surface area contributed by atoms with E-state index in [1.807, 2.05) is 54.6 Å². The second-order valence-electron chi connectivity index (χ2n) is 5.55. The van der Waals surface area contributed by atoms with Gasteiger partial charge >= 0.3 is 0 Å². The van der Waals surface area contributed by atoms with E-state index in [-0.39, 0.29) is 0 Å². The Kier molecular flexibility index (Phi) is 5.72. The molecule has 1 N–H and O–H groups in total. The number of carbonyl (C=O) groups excluding carboxylic acids is 1. The fourth-order valence-electron chi connectivity index (χ4n) is 2.26. The van der Waals surface area contributed by atoms with Crippen LogP contribution in [-0.4, -0.2) is 12.1 Å². The van der Waals surface area contributed by atoms with Crippen LogP contribution < -0.4 is 10.2 Å². The summed E-state index contributed by atoms with van der Waals surface area (Å²) in [7, 11) is 0. The molecule has 0 aromatic heterocycles. The number of ether oxygens (including phenoxy) is 1. The number of amides is 1. The topological polar surface area (TPSA) is 50.7 Å². The summed E-state index contributed by atoms with van der Waals surface area (Å²) in [6.07, 6.45) is 1.52. The highest BCUT2D eigenvalue weighted by molar-refractivity contribution is 5.94. The first kappa shape index (κ1) is 17.4. The van der Waals surface area contributed by atoms with Gasteiger partial charge in [-0.25, -0.2) is 9.82 Å². The van der Waals surface area contributed by atoms with Gasteiger partial charge in [0.1, 0.15) is 18.2 Å². The Bertz CT molecular complexity index is 893. The molecule has 0 radical (unpaired) electrons. The average molecular weight is 348 g/mol. The van der Waals surface area contributed by atoms with Crippen LogP contribution in [0, 0.1) is 5.82 Å². The number of carbonyl (C=O) groups is 1. The van der Waals surface area contributed by atoms with Crippen LogP contribution >= 0.6 is 0 Å². The standard InChI is InChI=1S/C21H17FN2O2/c22-19-11-9-18(10-12-19)21(25)24-23-14-17-7-4-8-20(13-17)26-15-16-5-2-1-3-6-16/h1-14H,15H2,(H,24,25). The Morgan fingerprint density at radius 3 is 2.54 bits per heavy atom. The smallest absolute Gasteiger partial charge is 0.271 e. The lowest BCUT2D eigenvalue weighted by Crippen LogP contribution is -2.17. The zero-order valence-electron chi connectivity index (χ0n) is 13.9. The highest BCUT2D eigenvalue weighted by Crippen LogP contribution is 2.14. The Morgan fingerprint density at radius 1 is 1.00 bits per heavy atom. The molecule has 5 heteroatoms. The van der Waals surface area contributed by atoms with Gasteiger partial charge in [-0.1, -0.05) is 42.5 Å². The van der Waals surface area contributed by atoms with Gasteiger partial charge in [0.15, 0.2) is 0 Å². The van der Waals surface area contributed by atoms with E-state index in [9.17, 15) is 9.18 Å². The fraction of sp³-hybridized carbons (Fsp3) is 0.0476. The van der Waals surface area contributed by atoms with Gasteiger partial charge in [0.05, 0.1) is 6.21 Å². The van der Waals surface area contributed by atoms with E-state index in [0.717, 1.165) is 11.1 Å². The summed E-state index contributed by atoms with van der Waals surface area (Å²) in [6.45, 7) is 0.475. The lowest BCUT2D eigenvalue weighted by molar-refractivity contribution is 0.0955. The van der Waals surface area contributed by atoms with E-state index in [0.29, 0.717) is 17.9 Å². The summed E-state index contributed by atoms with van der Waals surface area (Å²) in [5, 5.41) is 3.93. The number of benzene rings is 3. The van der Waals surface area contributed by atoms with Crippen LogP contribution in [-0.2, 0) is 6.61 Å². The first-order valence-electron chi connectivity index (χ1n) is 8.06. The number of nitrogens with zero attached hydrogens (tertiary/aromatic N) is 1. The van der Waals surface area contributed by atoms with Crippen LogP contribution in [0.25, 0.3) is 0 Å². The SMILES string of the molecule is O=C(NN=Cc1cccc(OCc2ccccc2)c1)c1ccc(F)cc1. The molecule has 1 amide bonds. The van der Waals surface area contributed by atoms with Crippen LogP contribution in [0.3, 0.4) is 0 Å².